The van der Waals surface area contributed by atoms with Gasteiger partial charge in [0.2, 0.25) is 6.54 Å². The van der Waals surface area contributed by atoms with E-state index in [-0.39, 0.29) is 18.5 Å². The fourth-order valence-electron chi connectivity index (χ4n) is 2.90. The van der Waals surface area contributed by atoms with Gasteiger partial charge in [-0.15, -0.1) is 0 Å². The number of hydrogen-bond acceptors (Lipinski definition) is 5. The Labute approximate surface area is 149 Å². The maximum absolute atomic E-state index is 12.9. The number of alkyl halides is 2. The highest BCUT2D eigenvalue weighted by molar-refractivity contribution is 5.69. The Morgan fingerprint density at radius 3 is 2.62 bits per heavy atom. The minimum atomic E-state index is -2.65. The molecule has 0 radical (unpaired) electrons. The second-order valence-corrected chi connectivity index (χ2v) is 7.29. The molecule has 1 heterocycles. The molecule has 0 saturated heterocycles. The molecule has 1 amide bonds. The molecule has 9 heteroatoms. The topological polar surface area (TPSA) is 92.9 Å². The maximum Gasteiger partial charge on any atom is 0.410 e. The number of rotatable bonds is 4. The lowest BCUT2D eigenvalue weighted by Gasteiger charge is -2.39. The Bertz CT molecular complexity index is 690. The number of nitro groups is 1. The van der Waals surface area contributed by atoms with Crippen LogP contribution in [0.25, 0.3) is 0 Å². The molecular weight excluding hydrogens is 350 g/mol. The first-order valence-electron chi connectivity index (χ1n) is 8.17. The highest BCUT2D eigenvalue weighted by Crippen LogP contribution is 2.30. The summed E-state index contributed by atoms with van der Waals surface area (Å²) in [6.07, 6.45) is -4.68. The van der Waals surface area contributed by atoms with Gasteiger partial charge in [0, 0.05) is 17.0 Å². The van der Waals surface area contributed by atoms with Crippen molar-refractivity contribution in [2.45, 2.75) is 57.9 Å². The number of hydrogen-bond donors (Lipinski definition) is 1. The van der Waals surface area contributed by atoms with Crippen LogP contribution in [0.2, 0.25) is 0 Å². The summed E-state index contributed by atoms with van der Waals surface area (Å²) >= 11 is 0. The summed E-state index contributed by atoms with van der Waals surface area (Å²) in [4.78, 5) is 23.8. The predicted octanol–water partition coefficient (Wildman–Crippen LogP) is 2.92. The van der Waals surface area contributed by atoms with Crippen molar-refractivity contribution in [2.24, 2.45) is 0 Å². The number of amides is 1. The normalized spacial score (nSPS) is 18.4. The van der Waals surface area contributed by atoms with E-state index in [1.54, 1.807) is 20.8 Å². The van der Waals surface area contributed by atoms with Crippen molar-refractivity contribution in [3.63, 3.8) is 0 Å². The quantitative estimate of drug-likeness (QED) is 0.648. The van der Waals surface area contributed by atoms with E-state index in [2.05, 4.69) is 0 Å². The van der Waals surface area contributed by atoms with E-state index in [0.29, 0.717) is 11.1 Å². The molecule has 2 atom stereocenters. The van der Waals surface area contributed by atoms with Crippen LogP contribution in [0.15, 0.2) is 18.2 Å². The van der Waals surface area contributed by atoms with Crippen LogP contribution >= 0.6 is 0 Å². The van der Waals surface area contributed by atoms with Crippen LogP contribution in [0, 0.1) is 10.1 Å². The summed E-state index contributed by atoms with van der Waals surface area (Å²) in [5.74, 6) is 0. The number of benzene rings is 1. The smallest absolute Gasteiger partial charge is 0.410 e. The molecule has 144 valence electrons. The predicted molar refractivity (Wildman–Crippen MR) is 88.5 cm³/mol. The van der Waals surface area contributed by atoms with E-state index in [4.69, 9.17) is 4.74 Å². The van der Waals surface area contributed by atoms with E-state index >= 15 is 0 Å². The van der Waals surface area contributed by atoms with Gasteiger partial charge in [0.1, 0.15) is 11.7 Å². The number of halogens is 2. The van der Waals surface area contributed by atoms with Crippen LogP contribution in [-0.4, -0.2) is 45.3 Å². The van der Waals surface area contributed by atoms with Gasteiger partial charge >= 0.3 is 6.09 Å². The third-order valence-electron chi connectivity index (χ3n) is 4.06. The molecule has 1 unspecified atom stereocenters. The van der Waals surface area contributed by atoms with Crippen molar-refractivity contribution < 1.29 is 28.3 Å². The van der Waals surface area contributed by atoms with Crippen molar-refractivity contribution in [3.05, 3.63) is 45.0 Å². The number of aliphatic hydroxyl groups excluding tert-OH is 1. The number of aliphatic hydroxyl groups is 1. The van der Waals surface area contributed by atoms with Gasteiger partial charge in [-0.3, -0.25) is 15.0 Å². The van der Waals surface area contributed by atoms with Crippen molar-refractivity contribution >= 4 is 6.09 Å². The lowest BCUT2D eigenvalue weighted by molar-refractivity contribution is -0.491. The first-order valence-corrected chi connectivity index (χ1v) is 8.17. The van der Waals surface area contributed by atoms with E-state index in [9.17, 15) is 28.8 Å². The molecule has 0 bridgehead atoms. The van der Waals surface area contributed by atoms with Gasteiger partial charge in [0.15, 0.2) is 0 Å². The van der Waals surface area contributed by atoms with E-state index in [1.807, 2.05) is 0 Å². The highest BCUT2D eigenvalue weighted by atomic mass is 19.3. The Balaban J connectivity index is 2.35. The fourth-order valence-corrected chi connectivity index (χ4v) is 2.90. The van der Waals surface area contributed by atoms with Crippen molar-refractivity contribution in [2.75, 3.05) is 6.54 Å². The van der Waals surface area contributed by atoms with Crippen LogP contribution in [0.5, 0.6) is 0 Å². The van der Waals surface area contributed by atoms with Gasteiger partial charge in [-0.05, 0) is 44.4 Å². The SMILES string of the molecule is CC(C)(C)OC(=O)N1Cc2cc(C(F)F)ccc2CC1[C@H](O)C[N+](=O)[O-]. The molecule has 1 N–H and O–H groups in total. The monoisotopic (exact) mass is 372 g/mol. The van der Waals surface area contributed by atoms with Crippen molar-refractivity contribution in [1.29, 1.82) is 0 Å². The molecule has 0 spiro atoms. The summed E-state index contributed by atoms with van der Waals surface area (Å²) in [7, 11) is 0. The van der Waals surface area contributed by atoms with Crippen LogP contribution in [0.1, 0.15) is 43.9 Å². The standard InChI is InChI=1S/C17H22F2N2O5/c1-17(2,3)26-16(23)20-8-12-6-11(15(18)19)5-4-10(12)7-13(20)14(22)9-21(24)25/h4-6,13-15,22H,7-9H2,1-3H3/t13?,14-/m1/s1. The summed E-state index contributed by atoms with van der Waals surface area (Å²) in [5, 5.41) is 21.0. The van der Waals surface area contributed by atoms with Crippen molar-refractivity contribution in [1.82, 2.24) is 4.90 Å². The third-order valence-corrected chi connectivity index (χ3v) is 4.06. The maximum atomic E-state index is 12.9. The first-order chi connectivity index (χ1) is 12.0. The molecule has 7 nitrogen and oxygen atoms in total. The molecule has 0 aromatic heterocycles. The highest BCUT2D eigenvalue weighted by Gasteiger charge is 2.38. The summed E-state index contributed by atoms with van der Waals surface area (Å²) in [6, 6.07) is 3.23. The molecule has 1 aliphatic rings. The molecular formula is C17H22F2N2O5. The number of nitrogens with zero attached hydrogens (tertiary/aromatic N) is 2. The zero-order valence-corrected chi connectivity index (χ0v) is 14.8. The second kappa shape index (κ2) is 7.53. The lowest BCUT2D eigenvalue weighted by atomic mass is 9.90. The molecule has 0 saturated carbocycles. The molecule has 0 fully saturated rings. The molecule has 0 aliphatic carbocycles. The minimum Gasteiger partial charge on any atom is -0.444 e. The lowest BCUT2D eigenvalue weighted by Crippen LogP contribution is -2.53. The summed E-state index contributed by atoms with van der Waals surface area (Å²) in [5.41, 5.74) is 0.206. The van der Waals surface area contributed by atoms with Gasteiger partial charge in [-0.2, -0.15) is 0 Å². The number of carbonyl (C=O) groups excluding carboxylic acids is 1. The van der Waals surface area contributed by atoms with Gasteiger partial charge in [-0.1, -0.05) is 12.1 Å². The number of carbonyl (C=O) groups is 1. The van der Waals surface area contributed by atoms with E-state index in [0.717, 1.165) is 0 Å². The van der Waals surface area contributed by atoms with Crippen LogP contribution in [0.3, 0.4) is 0 Å². The van der Waals surface area contributed by atoms with Crippen LogP contribution in [-0.2, 0) is 17.7 Å². The average molecular weight is 372 g/mol. The summed E-state index contributed by atoms with van der Waals surface area (Å²) in [6.45, 7) is 4.21. The van der Waals surface area contributed by atoms with Crippen molar-refractivity contribution in [3.8, 4) is 0 Å². The second-order valence-electron chi connectivity index (χ2n) is 7.29. The van der Waals surface area contributed by atoms with Gasteiger partial charge < -0.3 is 9.84 Å². The minimum absolute atomic E-state index is 0.0652. The molecule has 1 aromatic rings. The fraction of sp³-hybridized carbons (Fsp3) is 0.588. The van der Waals surface area contributed by atoms with E-state index < -0.39 is 41.7 Å². The third kappa shape index (κ3) is 4.87. The summed E-state index contributed by atoms with van der Waals surface area (Å²) < 4.78 is 31.2. The van der Waals surface area contributed by atoms with Gasteiger partial charge in [0.05, 0.1) is 6.04 Å². The van der Waals surface area contributed by atoms with E-state index in [1.165, 1.54) is 23.1 Å². The molecule has 2 rings (SSSR count). The Morgan fingerprint density at radius 2 is 2.08 bits per heavy atom. The largest absolute Gasteiger partial charge is 0.444 e. The van der Waals surface area contributed by atoms with Gasteiger partial charge in [-0.25, -0.2) is 13.6 Å². The molecule has 1 aromatic carbocycles. The Hall–Kier alpha value is -2.29. The molecule has 1 aliphatic heterocycles. The zero-order chi connectivity index (χ0) is 19.6. The average Bonchev–Trinajstić information content (AvgIpc) is 2.50. The number of ether oxygens (including phenoxy) is 1. The molecule has 26 heavy (non-hydrogen) atoms. The zero-order valence-electron chi connectivity index (χ0n) is 14.8. The Kier molecular flexibility index (Phi) is 5.80. The Morgan fingerprint density at radius 1 is 1.42 bits per heavy atom. The first kappa shape index (κ1) is 20.0. The van der Waals surface area contributed by atoms with Gasteiger partial charge in [0.25, 0.3) is 6.43 Å². The van der Waals surface area contributed by atoms with Crippen LogP contribution < -0.4 is 0 Å². The van der Waals surface area contributed by atoms with Crippen LogP contribution in [0.4, 0.5) is 13.6 Å². The number of fused-ring (bicyclic) bond motifs is 1.